The zero-order valence-corrected chi connectivity index (χ0v) is 14.2. The van der Waals surface area contributed by atoms with Gasteiger partial charge in [0.25, 0.3) is 0 Å². The summed E-state index contributed by atoms with van der Waals surface area (Å²) >= 11 is 0. The summed E-state index contributed by atoms with van der Waals surface area (Å²) in [4.78, 5) is 16.5. The molecular formula is C21H24N2O. The number of carbonyl (C=O) groups is 1. The minimum absolute atomic E-state index is 0.198. The van der Waals surface area contributed by atoms with E-state index in [0.29, 0.717) is 12.1 Å². The molecule has 3 nitrogen and oxygen atoms in total. The van der Waals surface area contributed by atoms with Crippen molar-refractivity contribution in [1.29, 1.82) is 0 Å². The summed E-state index contributed by atoms with van der Waals surface area (Å²) in [6, 6.07) is 20.5. The first-order chi connectivity index (χ1) is 11.7. The summed E-state index contributed by atoms with van der Waals surface area (Å²) in [7, 11) is 0. The second kappa shape index (κ2) is 6.40. The van der Waals surface area contributed by atoms with E-state index in [4.69, 9.17) is 0 Å². The molecule has 0 aliphatic carbocycles. The lowest BCUT2D eigenvalue weighted by molar-refractivity contribution is -0.128. The molecular weight excluding hydrogens is 296 g/mol. The van der Waals surface area contributed by atoms with Crippen LogP contribution in [0.3, 0.4) is 0 Å². The largest absolute Gasteiger partial charge is 0.342 e. The summed E-state index contributed by atoms with van der Waals surface area (Å²) < 4.78 is 0. The van der Waals surface area contributed by atoms with Gasteiger partial charge in [0.2, 0.25) is 5.91 Å². The number of carbonyl (C=O) groups excluding carboxylic acids is 1. The Bertz CT molecular complexity index is 728. The molecule has 2 unspecified atom stereocenters. The summed E-state index contributed by atoms with van der Waals surface area (Å²) in [6.45, 7) is 4.34. The van der Waals surface area contributed by atoms with Gasteiger partial charge in [-0.05, 0) is 29.5 Å². The van der Waals surface area contributed by atoms with Crippen molar-refractivity contribution >= 4 is 5.91 Å². The molecule has 0 aromatic heterocycles. The molecule has 0 bridgehead atoms. The minimum atomic E-state index is 0.198. The van der Waals surface area contributed by atoms with Crippen LogP contribution >= 0.6 is 0 Å². The van der Waals surface area contributed by atoms with Gasteiger partial charge < -0.3 is 4.90 Å². The monoisotopic (exact) mass is 320 g/mol. The molecule has 2 aromatic carbocycles. The molecule has 0 saturated carbocycles. The number of hydrogen-bond acceptors (Lipinski definition) is 2. The van der Waals surface area contributed by atoms with Crippen molar-refractivity contribution in [2.75, 3.05) is 19.6 Å². The third-order valence-electron chi connectivity index (χ3n) is 5.53. The second-order valence-electron chi connectivity index (χ2n) is 6.90. The first-order valence-corrected chi connectivity index (χ1v) is 8.88. The van der Waals surface area contributed by atoms with Gasteiger partial charge in [0.15, 0.2) is 0 Å². The second-order valence-corrected chi connectivity index (χ2v) is 6.90. The van der Waals surface area contributed by atoms with Gasteiger partial charge in [-0.25, -0.2) is 0 Å². The Morgan fingerprint density at radius 2 is 1.71 bits per heavy atom. The first-order valence-electron chi connectivity index (χ1n) is 8.88. The van der Waals surface area contributed by atoms with E-state index in [1.54, 1.807) is 6.92 Å². The van der Waals surface area contributed by atoms with Gasteiger partial charge in [0, 0.05) is 32.6 Å². The van der Waals surface area contributed by atoms with Gasteiger partial charge in [-0.2, -0.15) is 0 Å². The fraction of sp³-hybridized carbons (Fsp3) is 0.381. The van der Waals surface area contributed by atoms with E-state index in [1.165, 1.54) is 16.7 Å². The van der Waals surface area contributed by atoms with Crippen LogP contribution < -0.4 is 0 Å². The Kier molecular flexibility index (Phi) is 4.11. The first kappa shape index (κ1) is 15.4. The van der Waals surface area contributed by atoms with Crippen LogP contribution in [0.2, 0.25) is 0 Å². The van der Waals surface area contributed by atoms with E-state index in [9.17, 15) is 4.79 Å². The van der Waals surface area contributed by atoms with Crippen LogP contribution in [0, 0.1) is 0 Å². The van der Waals surface area contributed by atoms with Gasteiger partial charge in [-0.3, -0.25) is 9.69 Å². The van der Waals surface area contributed by atoms with Crippen molar-refractivity contribution in [3.8, 4) is 0 Å². The fourth-order valence-electron chi connectivity index (χ4n) is 4.30. The van der Waals surface area contributed by atoms with E-state index < -0.39 is 0 Å². The Balaban J connectivity index is 1.75. The van der Waals surface area contributed by atoms with Crippen molar-refractivity contribution in [1.82, 2.24) is 9.80 Å². The SMILES string of the molecule is CC(=O)N1CCC2Cc3ccccc3C(c3ccccc3)N2CC1. The third kappa shape index (κ3) is 2.73. The highest BCUT2D eigenvalue weighted by Crippen LogP contribution is 2.39. The molecule has 2 aromatic rings. The number of hydrogen-bond donors (Lipinski definition) is 0. The molecule has 24 heavy (non-hydrogen) atoms. The number of rotatable bonds is 1. The predicted molar refractivity (Wildman–Crippen MR) is 95.8 cm³/mol. The molecule has 1 amide bonds. The zero-order valence-electron chi connectivity index (χ0n) is 14.2. The molecule has 0 radical (unpaired) electrons. The molecule has 3 heteroatoms. The average Bonchev–Trinajstić information content (AvgIpc) is 2.83. The summed E-state index contributed by atoms with van der Waals surface area (Å²) in [6.07, 6.45) is 2.14. The highest BCUT2D eigenvalue weighted by molar-refractivity contribution is 5.73. The van der Waals surface area contributed by atoms with Crippen molar-refractivity contribution in [3.05, 3.63) is 71.3 Å². The normalized spacial score (nSPS) is 24.0. The minimum Gasteiger partial charge on any atom is -0.342 e. The Hall–Kier alpha value is -2.13. The maximum atomic E-state index is 11.8. The molecule has 0 N–H and O–H groups in total. The van der Waals surface area contributed by atoms with E-state index in [1.807, 2.05) is 4.90 Å². The summed E-state index contributed by atoms with van der Waals surface area (Å²) in [5.41, 5.74) is 4.24. The van der Waals surface area contributed by atoms with E-state index in [-0.39, 0.29) is 5.91 Å². The Labute approximate surface area is 143 Å². The Morgan fingerprint density at radius 1 is 0.958 bits per heavy atom. The van der Waals surface area contributed by atoms with Crippen molar-refractivity contribution < 1.29 is 4.79 Å². The lowest BCUT2D eigenvalue weighted by atomic mass is 9.84. The van der Waals surface area contributed by atoms with Gasteiger partial charge in [-0.15, -0.1) is 0 Å². The molecule has 1 fully saturated rings. The smallest absolute Gasteiger partial charge is 0.219 e. The molecule has 124 valence electrons. The van der Waals surface area contributed by atoms with E-state index in [0.717, 1.165) is 32.5 Å². The Morgan fingerprint density at radius 3 is 2.50 bits per heavy atom. The van der Waals surface area contributed by atoms with Crippen LogP contribution in [0.5, 0.6) is 0 Å². The number of nitrogens with zero attached hydrogens (tertiary/aromatic N) is 2. The van der Waals surface area contributed by atoms with Crippen LogP contribution in [0.25, 0.3) is 0 Å². The number of fused-ring (bicyclic) bond motifs is 2. The van der Waals surface area contributed by atoms with Crippen molar-refractivity contribution in [3.63, 3.8) is 0 Å². The van der Waals surface area contributed by atoms with Crippen LogP contribution in [-0.4, -0.2) is 41.4 Å². The summed E-state index contributed by atoms with van der Waals surface area (Å²) in [5, 5.41) is 0. The lowest BCUT2D eigenvalue weighted by Gasteiger charge is -2.42. The van der Waals surface area contributed by atoms with Crippen LogP contribution in [-0.2, 0) is 11.2 Å². The van der Waals surface area contributed by atoms with E-state index >= 15 is 0 Å². The molecule has 1 saturated heterocycles. The highest BCUT2D eigenvalue weighted by Gasteiger charge is 2.36. The maximum absolute atomic E-state index is 11.8. The van der Waals surface area contributed by atoms with Crippen LogP contribution in [0.4, 0.5) is 0 Å². The number of amides is 1. The molecule has 2 atom stereocenters. The molecule has 2 aliphatic heterocycles. The van der Waals surface area contributed by atoms with E-state index in [2.05, 4.69) is 59.5 Å². The fourth-order valence-corrected chi connectivity index (χ4v) is 4.30. The van der Waals surface area contributed by atoms with Crippen molar-refractivity contribution in [2.24, 2.45) is 0 Å². The quantitative estimate of drug-likeness (QED) is 0.805. The average molecular weight is 320 g/mol. The van der Waals surface area contributed by atoms with Crippen LogP contribution in [0.1, 0.15) is 36.1 Å². The maximum Gasteiger partial charge on any atom is 0.219 e. The number of benzene rings is 2. The van der Waals surface area contributed by atoms with Gasteiger partial charge >= 0.3 is 0 Å². The van der Waals surface area contributed by atoms with Crippen molar-refractivity contribution in [2.45, 2.75) is 31.8 Å². The molecule has 2 heterocycles. The van der Waals surface area contributed by atoms with Gasteiger partial charge in [0.1, 0.15) is 0 Å². The van der Waals surface area contributed by atoms with Crippen LogP contribution in [0.15, 0.2) is 54.6 Å². The van der Waals surface area contributed by atoms with Gasteiger partial charge in [0.05, 0.1) is 6.04 Å². The van der Waals surface area contributed by atoms with Gasteiger partial charge in [-0.1, -0.05) is 54.6 Å². The predicted octanol–water partition coefficient (Wildman–Crippen LogP) is 3.25. The molecule has 0 spiro atoms. The topological polar surface area (TPSA) is 23.6 Å². The molecule has 4 rings (SSSR count). The zero-order chi connectivity index (χ0) is 16.5. The summed E-state index contributed by atoms with van der Waals surface area (Å²) in [5.74, 6) is 0.198. The highest BCUT2D eigenvalue weighted by atomic mass is 16.2. The molecule has 2 aliphatic rings. The lowest BCUT2D eigenvalue weighted by Crippen LogP contribution is -2.44. The standard InChI is InChI=1S/C21H24N2O/c1-16(24)22-12-11-19-15-18-9-5-6-10-20(18)21(23(19)14-13-22)17-7-3-2-4-8-17/h2-10,19,21H,11-15H2,1H3. The third-order valence-corrected chi connectivity index (χ3v) is 5.53.